The van der Waals surface area contributed by atoms with E-state index >= 15 is 0 Å². The fourth-order valence-corrected chi connectivity index (χ4v) is 1.47. The number of hydrogen-bond donors (Lipinski definition) is 2. The van der Waals surface area contributed by atoms with Crippen molar-refractivity contribution in [2.75, 3.05) is 20.7 Å². The lowest BCUT2D eigenvalue weighted by Crippen LogP contribution is -2.36. The maximum atomic E-state index is 9.79. The minimum absolute atomic E-state index is 0.0899. The number of likely N-dealkylation sites (N-methyl/N-ethyl adjacent to an activating group) is 1. The molecule has 16 heavy (non-hydrogen) atoms. The van der Waals surface area contributed by atoms with Crippen LogP contribution in [0, 0.1) is 0 Å². The summed E-state index contributed by atoms with van der Waals surface area (Å²) in [6, 6.07) is 7.78. The predicted molar refractivity (Wildman–Crippen MR) is 63.7 cm³/mol. The number of nitrogens with zero attached hydrogens (tertiary/aromatic N) is 1. The second-order valence-corrected chi connectivity index (χ2v) is 3.85. The van der Waals surface area contributed by atoms with Crippen LogP contribution in [0.5, 0.6) is 5.75 Å². The van der Waals surface area contributed by atoms with Gasteiger partial charge in [-0.15, -0.1) is 0 Å². The van der Waals surface area contributed by atoms with Crippen molar-refractivity contribution in [3.63, 3.8) is 0 Å². The molecule has 1 atom stereocenters. The zero-order chi connectivity index (χ0) is 12.0. The van der Waals surface area contributed by atoms with Gasteiger partial charge in [-0.25, -0.2) is 0 Å². The summed E-state index contributed by atoms with van der Waals surface area (Å²) in [5.41, 5.74) is 1.06. The summed E-state index contributed by atoms with van der Waals surface area (Å²) in [6.07, 6.45) is 0. The van der Waals surface area contributed by atoms with Crippen molar-refractivity contribution in [1.29, 1.82) is 0 Å². The number of rotatable bonds is 6. The van der Waals surface area contributed by atoms with E-state index in [1.165, 1.54) is 5.06 Å². The van der Waals surface area contributed by atoms with Crippen molar-refractivity contribution in [3.05, 3.63) is 29.8 Å². The van der Waals surface area contributed by atoms with Crippen LogP contribution < -0.4 is 10.1 Å². The highest BCUT2D eigenvalue weighted by Crippen LogP contribution is 2.13. The largest absolute Gasteiger partial charge is 0.497 e. The number of methoxy groups -OCH3 is 1. The molecule has 0 aliphatic carbocycles. The van der Waals surface area contributed by atoms with Gasteiger partial charge in [0.25, 0.3) is 0 Å². The van der Waals surface area contributed by atoms with Crippen LogP contribution in [-0.2, 0) is 6.54 Å². The first-order valence-corrected chi connectivity index (χ1v) is 5.40. The monoisotopic (exact) mass is 224 g/mol. The molecule has 0 bridgehead atoms. The number of ether oxygens (including phenoxy) is 1. The zero-order valence-electron chi connectivity index (χ0n) is 10.1. The summed E-state index contributed by atoms with van der Waals surface area (Å²) in [5, 5.41) is 14.2. The molecule has 0 fully saturated rings. The molecule has 4 heteroatoms. The third kappa shape index (κ3) is 3.81. The highest BCUT2D eigenvalue weighted by molar-refractivity contribution is 5.26. The maximum absolute atomic E-state index is 9.79. The standard InChI is InChI=1S/C12H20N2O2/c1-10(8-13-2)14(15)9-11-4-6-12(16-3)7-5-11/h4-7,10,13,15H,8-9H2,1-3H3. The number of benzene rings is 1. The third-order valence-electron chi connectivity index (χ3n) is 2.51. The normalized spacial score (nSPS) is 12.8. The highest BCUT2D eigenvalue weighted by Gasteiger charge is 2.10. The molecule has 0 aliphatic heterocycles. The van der Waals surface area contributed by atoms with Gasteiger partial charge in [0, 0.05) is 19.1 Å². The van der Waals surface area contributed by atoms with Crippen LogP contribution in [0.25, 0.3) is 0 Å². The molecular weight excluding hydrogens is 204 g/mol. The molecule has 0 spiro atoms. The lowest BCUT2D eigenvalue weighted by molar-refractivity contribution is -0.128. The summed E-state index contributed by atoms with van der Waals surface area (Å²) in [4.78, 5) is 0. The van der Waals surface area contributed by atoms with Gasteiger partial charge in [-0.05, 0) is 31.7 Å². The Balaban J connectivity index is 2.52. The molecule has 4 nitrogen and oxygen atoms in total. The van der Waals surface area contributed by atoms with Gasteiger partial charge in [0.2, 0.25) is 0 Å². The molecule has 0 radical (unpaired) electrons. The van der Waals surface area contributed by atoms with Crippen molar-refractivity contribution in [1.82, 2.24) is 10.4 Å². The Morgan fingerprint density at radius 1 is 1.38 bits per heavy atom. The van der Waals surface area contributed by atoms with Gasteiger partial charge in [0.1, 0.15) is 5.75 Å². The van der Waals surface area contributed by atoms with E-state index in [-0.39, 0.29) is 6.04 Å². The summed E-state index contributed by atoms with van der Waals surface area (Å²) in [7, 11) is 3.51. The van der Waals surface area contributed by atoms with Crippen molar-refractivity contribution >= 4 is 0 Å². The van der Waals surface area contributed by atoms with E-state index < -0.39 is 0 Å². The molecular formula is C12H20N2O2. The van der Waals surface area contributed by atoms with Crippen molar-refractivity contribution in [3.8, 4) is 5.75 Å². The van der Waals surface area contributed by atoms with Gasteiger partial charge in [-0.1, -0.05) is 12.1 Å². The Bertz CT molecular complexity index is 300. The number of nitrogens with one attached hydrogen (secondary N) is 1. The van der Waals surface area contributed by atoms with Gasteiger partial charge in [0.15, 0.2) is 0 Å². The molecule has 1 aromatic carbocycles. The summed E-state index contributed by atoms with van der Waals surface area (Å²) >= 11 is 0. The van der Waals surface area contributed by atoms with Gasteiger partial charge in [-0.2, -0.15) is 5.06 Å². The van der Waals surface area contributed by atoms with E-state index in [4.69, 9.17) is 4.74 Å². The van der Waals surface area contributed by atoms with E-state index in [2.05, 4.69) is 5.32 Å². The van der Waals surface area contributed by atoms with Crippen LogP contribution in [0.2, 0.25) is 0 Å². The molecule has 0 saturated carbocycles. The minimum Gasteiger partial charge on any atom is -0.497 e. The first-order valence-electron chi connectivity index (χ1n) is 5.40. The Hall–Kier alpha value is -1.10. The fourth-order valence-electron chi connectivity index (χ4n) is 1.47. The van der Waals surface area contributed by atoms with E-state index in [9.17, 15) is 5.21 Å². The van der Waals surface area contributed by atoms with Gasteiger partial charge in [-0.3, -0.25) is 0 Å². The average Bonchev–Trinajstić information content (AvgIpc) is 2.30. The lowest BCUT2D eigenvalue weighted by atomic mass is 10.2. The van der Waals surface area contributed by atoms with Gasteiger partial charge >= 0.3 is 0 Å². The summed E-state index contributed by atoms with van der Waals surface area (Å²) in [6.45, 7) is 3.25. The summed E-state index contributed by atoms with van der Waals surface area (Å²) in [5.74, 6) is 0.830. The van der Waals surface area contributed by atoms with Crippen LogP contribution in [0.3, 0.4) is 0 Å². The Morgan fingerprint density at radius 2 is 2.00 bits per heavy atom. The Labute approximate surface area is 96.8 Å². The highest BCUT2D eigenvalue weighted by atomic mass is 16.5. The van der Waals surface area contributed by atoms with Gasteiger partial charge < -0.3 is 15.3 Å². The Morgan fingerprint density at radius 3 is 2.50 bits per heavy atom. The van der Waals surface area contributed by atoms with Crippen LogP contribution in [0.1, 0.15) is 12.5 Å². The van der Waals surface area contributed by atoms with Crippen LogP contribution >= 0.6 is 0 Å². The molecule has 0 saturated heterocycles. The molecule has 1 rings (SSSR count). The first kappa shape index (κ1) is 13.0. The van der Waals surface area contributed by atoms with Crippen molar-refractivity contribution in [2.45, 2.75) is 19.5 Å². The first-order chi connectivity index (χ1) is 7.67. The average molecular weight is 224 g/mol. The van der Waals surface area contributed by atoms with Crippen LogP contribution in [-0.4, -0.2) is 37.0 Å². The maximum Gasteiger partial charge on any atom is 0.118 e. The third-order valence-corrected chi connectivity index (χ3v) is 2.51. The Kier molecular flexibility index (Phi) is 5.25. The van der Waals surface area contributed by atoms with E-state index in [0.717, 1.165) is 17.9 Å². The lowest BCUT2D eigenvalue weighted by Gasteiger charge is -2.22. The van der Waals surface area contributed by atoms with Crippen LogP contribution in [0.4, 0.5) is 0 Å². The molecule has 0 aliphatic rings. The van der Waals surface area contributed by atoms with E-state index in [1.807, 2.05) is 38.2 Å². The molecule has 0 amide bonds. The van der Waals surface area contributed by atoms with E-state index in [0.29, 0.717) is 6.54 Å². The molecule has 0 heterocycles. The van der Waals surface area contributed by atoms with Crippen molar-refractivity contribution < 1.29 is 9.94 Å². The molecule has 90 valence electrons. The zero-order valence-corrected chi connectivity index (χ0v) is 10.1. The topological polar surface area (TPSA) is 44.7 Å². The number of hydrogen-bond acceptors (Lipinski definition) is 4. The van der Waals surface area contributed by atoms with Gasteiger partial charge in [0.05, 0.1) is 7.11 Å². The molecule has 0 aromatic heterocycles. The smallest absolute Gasteiger partial charge is 0.118 e. The predicted octanol–water partition coefficient (Wildman–Crippen LogP) is 1.49. The molecule has 1 aromatic rings. The second-order valence-electron chi connectivity index (χ2n) is 3.85. The SMILES string of the molecule is CNCC(C)N(O)Cc1ccc(OC)cc1. The minimum atomic E-state index is 0.0899. The van der Waals surface area contributed by atoms with Crippen molar-refractivity contribution in [2.24, 2.45) is 0 Å². The second kappa shape index (κ2) is 6.48. The molecule has 1 unspecified atom stereocenters. The van der Waals surface area contributed by atoms with Crippen LogP contribution in [0.15, 0.2) is 24.3 Å². The quantitative estimate of drug-likeness (QED) is 0.719. The summed E-state index contributed by atoms with van der Waals surface area (Å²) < 4.78 is 5.07. The number of hydroxylamine groups is 2. The fraction of sp³-hybridized carbons (Fsp3) is 0.500. The van der Waals surface area contributed by atoms with E-state index in [1.54, 1.807) is 7.11 Å². The molecule has 2 N–H and O–H groups in total.